The van der Waals surface area contributed by atoms with E-state index in [1.807, 2.05) is 42.6 Å². The van der Waals surface area contributed by atoms with E-state index >= 15 is 0 Å². The molecule has 142 valence electrons. The Labute approximate surface area is 163 Å². The number of fused-ring (bicyclic) bond motifs is 2. The van der Waals surface area contributed by atoms with Crippen LogP contribution in [0.3, 0.4) is 0 Å². The molecule has 0 unspecified atom stereocenters. The van der Waals surface area contributed by atoms with Crippen molar-refractivity contribution >= 4 is 29.1 Å². The van der Waals surface area contributed by atoms with E-state index in [4.69, 9.17) is 10.5 Å². The van der Waals surface area contributed by atoms with Gasteiger partial charge >= 0.3 is 7.05 Å². The maximum Gasteiger partial charge on any atom is 0.417 e. The molecule has 28 heavy (non-hydrogen) atoms. The van der Waals surface area contributed by atoms with Gasteiger partial charge in [0.15, 0.2) is 0 Å². The first-order chi connectivity index (χ1) is 13.7. The molecule has 7 heteroatoms. The fraction of sp³-hybridized carbons (Fsp3) is 0.238. The van der Waals surface area contributed by atoms with Gasteiger partial charge in [0.2, 0.25) is 0 Å². The van der Waals surface area contributed by atoms with Crippen LogP contribution < -0.4 is 21.2 Å². The summed E-state index contributed by atoms with van der Waals surface area (Å²) in [5, 5.41) is 15.2. The third kappa shape index (κ3) is 3.78. The highest BCUT2D eigenvalue weighted by atomic mass is 16.5. The van der Waals surface area contributed by atoms with Gasteiger partial charge in [-0.05, 0) is 28.6 Å². The Hall–Kier alpha value is -2.74. The van der Waals surface area contributed by atoms with Gasteiger partial charge in [-0.2, -0.15) is 0 Å². The minimum Gasteiger partial charge on any atom is -0.493 e. The third-order valence-electron chi connectivity index (χ3n) is 5.14. The Kier molecular flexibility index (Phi) is 5.39. The predicted molar refractivity (Wildman–Crippen MR) is 110 cm³/mol. The number of hydrogen-bond acceptors (Lipinski definition) is 6. The number of ketones is 1. The minimum atomic E-state index is -0.773. The molecular formula is C21H22BN3O3. The molecule has 0 saturated heterocycles. The topological polar surface area (TPSA) is 97.5 Å². The molecule has 0 spiro atoms. The quantitative estimate of drug-likeness (QED) is 0.570. The molecular weight excluding hydrogens is 353 g/mol. The molecule has 1 atom stereocenters. The van der Waals surface area contributed by atoms with Crippen LogP contribution in [-0.2, 0) is 11.2 Å². The van der Waals surface area contributed by atoms with Crippen LogP contribution in [0.25, 0.3) is 10.8 Å². The maximum absolute atomic E-state index is 13.0. The zero-order chi connectivity index (χ0) is 19.5. The van der Waals surface area contributed by atoms with E-state index in [0.717, 1.165) is 21.9 Å². The highest BCUT2D eigenvalue weighted by Crippen LogP contribution is 2.23. The Morgan fingerprint density at radius 1 is 1.25 bits per heavy atom. The number of Topliss-reactive ketones (excluding diaryl/α,β-unsaturated/α-hetero) is 1. The van der Waals surface area contributed by atoms with E-state index < -0.39 is 13.0 Å². The van der Waals surface area contributed by atoms with Gasteiger partial charge in [-0.25, -0.2) is 0 Å². The molecule has 6 nitrogen and oxygen atoms in total. The van der Waals surface area contributed by atoms with Gasteiger partial charge in [-0.15, -0.1) is 0 Å². The van der Waals surface area contributed by atoms with Crippen LogP contribution in [0.15, 0.2) is 54.9 Å². The fourth-order valence-corrected chi connectivity index (χ4v) is 3.61. The zero-order valence-corrected chi connectivity index (χ0v) is 15.5. The van der Waals surface area contributed by atoms with Crippen molar-refractivity contribution in [1.82, 2.24) is 10.2 Å². The minimum absolute atomic E-state index is 0.0585. The Morgan fingerprint density at radius 3 is 3.00 bits per heavy atom. The molecule has 0 fully saturated rings. The molecule has 0 bridgehead atoms. The van der Waals surface area contributed by atoms with Gasteiger partial charge in [-0.3, -0.25) is 9.78 Å². The van der Waals surface area contributed by atoms with Gasteiger partial charge in [0.25, 0.3) is 0 Å². The second-order valence-electron chi connectivity index (χ2n) is 6.99. The van der Waals surface area contributed by atoms with Gasteiger partial charge in [0.05, 0.1) is 12.5 Å². The standard InChI is InChI=1S/C21H22BN3O3/c23-12-18(16-3-4-19-21(11-16)28-8-7-25-22(19)27)20(26)10-14-1-2-17-13-24-6-5-15(17)9-14/h1-6,9,11,13,18,25,27H,7-8,10,12,23H2/t18-/m1/s1. The number of carbonyl (C=O) groups is 1. The lowest BCUT2D eigenvalue weighted by molar-refractivity contribution is -0.119. The lowest BCUT2D eigenvalue weighted by Crippen LogP contribution is -2.44. The number of ether oxygens (including phenoxy) is 1. The van der Waals surface area contributed by atoms with Crippen molar-refractivity contribution in [2.75, 3.05) is 19.7 Å². The van der Waals surface area contributed by atoms with Crippen LogP contribution in [0.1, 0.15) is 17.0 Å². The second kappa shape index (κ2) is 8.10. The SMILES string of the molecule is NC[C@@H](C(=O)Cc1ccc2cnccc2c1)c1ccc2c(c1)OCCNB2O. The van der Waals surface area contributed by atoms with Gasteiger partial charge in [-0.1, -0.05) is 30.3 Å². The number of pyridine rings is 1. The predicted octanol–water partition coefficient (Wildman–Crippen LogP) is 0.758. The normalized spacial score (nSPS) is 14.9. The summed E-state index contributed by atoms with van der Waals surface area (Å²) in [4.78, 5) is 17.1. The number of rotatable bonds is 5. The molecule has 3 aromatic rings. The fourth-order valence-electron chi connectivity index (χ4n) is 3.61. The molecule has 0 amide bonds. The summed E-state index contributed by atoms with van der Waals surface area (Å²) in [6, 6.07) is 13.4. The average molecular weight is 375 g/mol. The number of hydrogen-bond donors (Lipinski definition) is 3. The third-order valence-corrected chi connectivity index (χ3v) is 5.14. The summed E-state index contributed by atoms with van der Waals surface area (Å²) >= 11 is 0. The molecule has 1 aliphatic rings. The van der Waals surface area contributed by atoms with Gasteiger partial charge < -0.3 is 20.7 Å². The molecule has 4 N–H and O–H groups in total. The van der Waals surface area contributed by atoms with Crippen LogP contribution in [0.5, 0.6) is 5.75 Å². The molecule has 0 saturated carbocycles. The summed E-state index contributed by atoms with van der Waals surface area (Å²) in [7, 11) is -0.773. The smallest absolute Gasteiger partial charge is 0.417 e. The van der Waals surface area contributed by atoms with Crippen molar-refractivity contribution in [3.63, 3.8) is 0 Å². The zero-order valence-electron chi connectivity index (χ0n) is 15.5. The Bertz CT molecular complexity index is 1010. The van der Waals surface area contributed by atoms with E-state index in [1.165, 1.54) is 0 Å². The lowest BCUT2D eigenvalue weighted by atomic mass is 9.73. The largest absolute Gasteiger partial charge is 0.493 e. The molecule has 1 aliphatic heterocycles. The summed E-state index contributed by atoms with van der Waals surface area (Å²) < 4.78 is 5.72. The van der Waals surface area contributed by atoms with Crippen LogP contribution in [0.2, 0.25) is 0 Å². The first-order valence-electron chi connectivity index (χ1n) is 9.39. The van der Waals surface area contributed by atoms with Crippen molar-refractivity contribution in [3.8, 4) is 5.75 Å². The van der Waals surface area contributed by atoms with Crippen molar-refractivity contribution in [3.05, 3.63) is 66.0 Å². The molecule has 0 aliphatic carbocycles. The Morgan fingerprint density at radius 2 is 2.14 bits per heavy atom. The number of carbonyl (C=O) groups excluding carboxylic acids is 1. The van der Waals surface area contributed by atoms with Gasteiger partial charge in [0, 0.05) is 42.8 Å². The summed E-state index contributed by atoms with van der Waals surface area (Å²) in [5.41, 5.74) is 8.39. The molecule has 2 aromatic carbocycles. The van der Waals surface area contributed by atoms with E-state index in [-0.39, 0.29) is 12.3 Å². The van der Waals surface area contributed by atoms with Crippen LogP contribution >= 0.6 is 0 Å². The second-order valence-corrected chi connectivity index (χ2v) is 6.99. The molecule has 1 aromatic heterocycles. The van der Waals surface area contributed by atoms with E-state index in [9.17, 15) is 9.82 Å². The van der Waals surface area contributed by atoms with Crippen LogP contribution in [-0.4, -0.2) is 42.5 Å². The summed E-state index contributed by atoms with van der Waals surface area (Å²) in [6.07, 6.45) is 3.86. The molecule has 2 heterocycles. The highest BCUT2D eigenvalue weighted by molar-refractivity contribution is 6.64. The summed E-state index contributed by atoms with van der Waals surface area (Å²) in [5.74, 6) is 0.234. The first-order valence-corrected chi connectivity index (χ1v) is 9.39. The maximum atomic E-state index is 13.0. The van der Waals surface area contributed by atoms with Crippen molar-refractivity contribution in [2.45, 2.75) is 12.3 Å². The number of nitrogens with zero attached hydrogens (tertiary/aromatic N) is 1. The average Bonchev–Trinajstić information content (AvgIpc) is 2.89. The van der Waals surface area contributed by atoms with E-state index in [0.29, 0.717) is 30.8 Å². The number of nitrogens with one attached hydrogen (secondary N) is 1. The first kappa shape index (κ1) is 18.6. The van der Waals surface area contributed by atoms with E-state index in [2.05, 4.69) is 10.2 Å². The Balaban J connectivity index is 1.57. The van der Waals surface area contributed by atoms with Crippen molar-refractivity contribution in [2.24, 2.45) is 5.73 Å². The lowest BCUT2D eigenvalue weighted by Gasteiger charge is -2.17. The molecule has 0 radical (unpaired) electrons. The van der Waals surface area contributed by atoms with Crippen molar-refractivity contribution < 1.29 is 14.6 Å². The highest BCUT2D eigenvalue weighted by Gasteiger charge is 2.25. The van der Waals surface area contributed by atoms with Crippen LogP contribution in [0.4, 0.5) is 0 Å². The summed E-state index contributed by atoms with van der Waals surface area (Å²) in [6.45, 7) is 1.23. The number of aromatic nitrogens is 1. The van der Waals surface area contributed by atoms with Crippen LogP contribution in [0, 0.1) is 0 Å². The van der Waals surface area contributed by atoms with Gasteiger partial charge in [0.1, 0.15) is 11.5 Å². The number of benzene rings is 2. The van der Waals surface area contributed by atoms with E-state index in [1.54, 1.807) is 12.3 Å². The molecule has 4 rings (SSSR count). The van der Waals surface area contributed by atoms with Crippen molar-refractivity contribution in [1.29, 1.82) is 0 Å². The number of nitrogens with two attached hydrogens (primary N) is 1. The monoisotopic (exact) mass is 375 g/mol.